The number of carboxylic acid groups (broad SMARTS) is 1. The molecule has 0 saturated heterocycles. The van der Waals surface area contributed by atoms with Gasteiger partial charge < -0.3 is 14.6 Å². The molecule has 0 radical (unpaired) electrons. The zero-order chi connectivity index (χ0) is 22.8. The molecule has 2 heterocycles. The van der Waals surface area contributed by atoms with Gasteiger partial charge in [0.2, 0.25) is 0 Å². The lowest BCUT2D eigenvalue weighted by Gasteiger charge is -2.10. The Morgan fingerprint density at radius 2 is 1.70 bits per heavy atom. The Labute approximate surface area is 198 Å². The summed E-state index contributed by atoms with van der Waals surface area (Å²) in [6.45, 7) is 0.707. The summed E-state index contributed by atoms with van der Waals surface area (Å²) in [6.07, 6.45) is 0. The van der Waals surface area contributed by atoms with Crippen molar-refractivity contribution in [2.75, 3.05) is 0 Å². The molecule has 7 heteroatoms. The minimum atomic E-state index is -0.918. The first-order valence-corrected chi connectivity index (χ1v) is 11.4. The molecule has 0 saturated carbocycles. The largest absolute Gasteiger partial charge is 0.489 e. The fourth-order valence-corrected chi connectivity index (χ4v) is 4.53. The van der Waals surface area contributed by atoms with E-state index in [-0.39, 0.29) is 0 Å². The number of aromatic nitrogens is 1. The minimum absolute atomic E-state index is 0.316. The maximum absolute atomic E-state index is 11.2. The van der Waals surface area contributed by atoms with Crippen LogP contribution in [0, 0.1) is 0 Å². The van der Waals surface area contributed by atoms with Crippen LogP contribution in [0.2, 0.25) is 5.02 Å². The maximum atomic E-state index is 11.2. The highest BCUT2D eigenvalue weighted by Gasteiger charge is 2.09. The van der Waals surface area contributed by atoms with Gasteiger partial charge in [0.05, 0.1) is 11.2 Å². The average Bonchev–Trinajstić information content (AvgIpc) is 3.25. The second-order valence-corrected chi connectivity index (χ2v) is 9.00. The lowest BCUT2D eigenvalue weighted by molar-refractivity contribution is 0.0702. The molecule has 0 aliphatic rings. The predicted octanol–water partition coefficient (Wildman–Crippen LogP) is 6.96. The van der Waals surface area contributed by atoms with Gasteiger partial charge in [0.1, 0.15) is 29.6 Å². The normalized spacial score (nSPS) is 11.1. The summed E-state index contributed by atoms with van der Waals surface area (Å²) in [5.41, 5.74) is 2.61. The van der Waals surface area contributed by atoms with Gasteiger partial charge in [-0.1, -0.05) is 35.9 Å². The van der Waals surface area contributed by atoms with Crippen molar-refractivity contribution < 1.29 is 19.4 Å². The van der Waals surface area contributed by atoms with E-state index < -0.39 is 5.97 Å². The van der Waals surface area contributed by atoms with Gasteiger partial charge in [-0.2, -0.15) is 0 Å². The summed E-state index contributed by atoms with van der Waals surface area (Å²) in [7, 11) is 0. The van der Waals surface area contributed by atoms with Gasteiger partial charge in [-0.3, -0.25) is 0 Å². The van der Waals surface area contributed by atoms with Crippen molar-refractivity contribution >= 4 is 49.9 Å². The third-order valence-corrected chi connectivity index (χ3v) is 6.44. The zero-order valence-corrected chi connectivity index (χ0v) is 18.9. The summed E-state index contributed by atoms with van der Waals surface area (Å²) >= 11 is 7.32. The molecule has 1 N–H and O–H groups in total. The quantitative estimate of drug-likeness (QED) is 0.275. The van der Waals surface area contributed by atoms with Crippen LogP contribution >= 0.6 is 22.9 Å². The predicted molar refractivity (Wildman–Crippen MR) is 131 cm³/mol. The number of nitrogens with zero attached hydrogens (tertiary/aromatic N) is 1. The average molecular weight is 476 g/mol. The number of aromatic carboxylic acids is 1. The van der Waals surface area contributed by atoms with E-state index in [4.69, 9.17) is 26.2 Å². The van der Waals surface area contributed by atoms with E-state index in [0.717, 1.165) is 38.0 Å². The molecule has 0 unspecified atom stereocenters. The highest BCUT2D eigenvalue weighted by atomic mass is 35.5. The fraction of sp³-hybridized carbons (Fsp3) is 0.0769. The molecule has 0 aliphatic carbocycles. The van der Waals surface area contributed by atoms with Crippen LogP contribution in [0.4, 0.5) is 0 Å². The highest BCUT2D eigenvalue weighted by Crippen LogP contribution is 2.29. The van der Waals surface area contributed by atoms with Crippen LogP contribution < -0.4 is 9.47 Å². The molecule has 0 amide bonds. The Balaban J connectivity index is 1.24. The molecule has 5 nitrogen and oxygen atoms in total. The van der Waals surface area contributed by atoms with Crippen LogP contribution in [0.15, 0.2) is 78.9 Å². The summed E-state index contributed by atoms with van der Waals surface area (Å²) in [4.78, 5) is 16.1. The van der Waals surface area contributed by atoms with E-state index in [1.54, 1.807) is 6.07 Å². The van der Waals surface area contributed by atoms with Gasteiger partial charge in [0.25, 0.3) is 0 Å². The maximum Gasteiger partial charge on any atom is 0.345 e. The van der Waals surface area contributed by atoms with Crippen LogP contribution in [-0.4, -0.2) is 16.1 Å². The molecule has 5 rings (SSSR count). The standard InChI is InChI=1S/C26H18ClNO4S/c27-19-6-4-17-5-7-20(28-23(17)13-19)15-32-21-3-1-2-16(10-21)14-31-22-8-9-24-18(11-22)12-25(33-24)26(29)30/h1-13H,14-15H2,(H,29,30). The molecular formula is C26H18ClNO4S. The molecule has 0 fully saturated rings. The number of hydrogen-bond donors (Lipinski definition) is 1. The van der Waals surface area contributed by atoms with Crippen molar-refractivity contribution in [1.29, 1.82) is 0 Å². The number of carboxylic acids is 1. The third-order valence-electron chi connectivity index (χ3n) is 5.10. The van der Waals surface area contributed by atoms with Gasteiger partial charge in [-0.25, -0.2) is 9.78 Å². The van der Waals surface area contributed by atoms with Crippen molar-refractivity contribution in [3.63, 3.8) is 0 Å². The molecule has 0 aliphatic heterocycles. The second-order valence-electron chi connectivity index (χ2n) is 7.48. The van der Waals surface area contributed by atoms with E-state index in [2.05, 4.69) is 4.98 Å². The molecule has 33 heavy (non-hydrogen) atoms. The van der Waals surface area contributed by atoms with Gasteiger partial charge >= 0.3 is 5.97 Å². The minimum Gasteiger partial charge on any atom is -0.489 e. The van der Waals surface area contributed by atoms with Crippen molar-refractivity contribution in [3.05, 3.63) is 100 Å². The number of carbonyl (C=O) groups is 1. The van der Waals surface area contributed by atoms with E-state index in [0.29, 0.717) is 28.9 Å². The SMILES string of the molecule is O=C(O)c1cc2cc(OCc3cccc(OCc4ccc5ccc(Cl)cc5n4)c3)ccc2s1. The highest BCUT2D eigenvalue weighted by molar-refractivity contribution is 7.20. The van der Waals surface area contributed by atoms with Crippen molar-refractivity contribution in [3.8, 4) is 11.5 Å². The van der Waals surface area contributed by atoms with E-state index in [1.807, 2.05) is 72.8 Å². The third kappa shape index (κ3) is 4.92. The van der Waals surface area contributed by atoms with E-state index in [1.165, 1.54) is 11.3 Å². The Morgan fingerprint density at radius 3 is 2.58 bits per heavy atom. The molecule has 2 aromatic heterocycles. The van der Waals surface area contributed by atoms with Crippen molar-refractivity contribution in [2.24, 2.45) is 0 Å². The zero-order valence-electron chi connectivity index (χ0n) is 17.3. The number of ether oxygens (including phenoxy) is 2. The number of halogens is 1. The summed E-state index contributed by atoms with van der Waals surface area (Å²) in [6, 6.07) is 24.6. The Kier molecular flexibility index (Phi) is 5.86. The van der Waals surface area contributed by atoms with Crippen molar-refractivity contribution in [1.82, 2.24) is 4.98 Å². The van der Waals surface area contributed by atoms with Crippen LogP contribution in [0.25, 0.3) is 21.0 Å². The number of thiophene rings is 1. The van der Waals surface area contributed by atoms with Crippen LogP contribution in [-0.2, 0) is 13.2 Å². The molecule has 0 bridgehead atoms. The Hall–Kier alpha value is -3.61. The molecule has 3 aromatic carbocycles. The van der Waals surface area contributed by atoms with Gasteiger partial charge in [0.15, 0.2) is 0 Å². The lowest BCUT2D eigenvalue weighted by Crippen LogP contribution is -2.00. The Bertz CT molecular complexity index is 1480. The number of fused-ring (bicyclic) bond motifs is 2. The molecule has 164 valence electrons. The van der Waals surface area contributed by atoms with Crippen LogP contribution in [0.1, 0.15) is 20.9 Å². The first kappa shape index (κ1) is 21.2. The molecular weight excluding hydrogens is 458 g/mol. The van der Waals surface area contributed by atoms with Crippen LogP contribution in [0.5, 0.6) is 11.5 Å². The molecule has 0 atom stereocenters. The topological polar surface area (TPSA) is 68.7 Å². The van der Waals surface area contributed by atoms with Crippen LogP contribution in [0.3, 0.4) is 0 Å². The monoisotopic (exact) mass is 475 g/mol. The number of hydrogen-bond acceptors (Lipinski definition) is 5. The second kappa shape index (κ2) is 9.10. The number of rotatable bonds is 7. The fourth-order valence-electron chi connectivity index (χ4n) is 3.48. The first-order chi connectivity index (χ1) is 16.0. The number of pyridine rings is 1. The first-order valence-electron chi connectivity index (χ1n) is 10.2. The molecule has 0 spiro atoms. The Morgan fingerprint density at radius 1 is 0.879 bits per heavy atom. The smallest absolute Gasteiger partial charge is 0.345 e. The molecule has 5 aromatic rings. The summed E-state index contributed by atoms with van der Waals surface area (Å²) in [5.74, 6) is 0.490. The van der Waals surface area contributed by atoms with Gasteiger partial charge in [-0.15, -0.1) is 11.3 Å². The van der Waals surface area contributed by atoms with E-state index in [9.17, 15) is 4.79 Å². The number of benzene rings is 3. The van der Waals surface area contributed by atoms with Gasteiger partial charge in [0, 0.05) is 15.1 Å². The summed E-state index contributed by atoms with van der Waals surface area (Å²) < 4.78 is 12.8. The van der Waals surface area contributed by atoms with Gasteiger partial charge in [-0.05, 0) is 65.5 Å². The lowest BCUT2D eigenvalue weighted by atomic mass is 10.2. The van der Waals surface area contributed by atoms with Crippen molar-refractivity contribution in [2.45, 2.75) is 13.2 Å². The summed E-state index contributed by atoms with van der Waals surface area (Å²) in [5, 5.41) is 11.7. The van der Waals surface area contributed by atoms with E-state index >= 15 is 0 Å².